The molecule has 0 saturated carbocycles. The van der Waals surface area contributed by atoms with Gasteiger partial charge < -0.3 is 10.6 Å². The summed E-state index contributed by atoms with van der Waals surface area (Å²) in [4.78, 5) is 30.0. The number of carbonyl (C=O) groups is 2. The third-order valence-corrected chi connectivity index (χ3v) is 5.28. The highest BCUT2D eigenvalue weighted by Gasteiger charge is 2.17. The number of aryl methyl sites for hydroxylation is 2. The second-order valence-corrected chi connectivity index (χ2v) is 7.35. The van der Waals surface area contributed by atoms with Crippen molar-refractivity contribution < 1.29 is 9.59 Å². The van der Waals surface area contributed by atoms with E-state index >= 15 is 0 Å². The molecule has 26 heavy (non-hydrogen) atoms. The predicted molar refractivity (Wildman–Crippen MR) is 105 cm³/mol. The van der Waals surface area contributed by atoms with Crippen LogP contribution in [0.2, 0.25) is 0 Å². The number of anilines is 2. The second-order valence-electron chi connectivity index (χ2n) is 6.33. The van der Waals surface area contributed by atoms with Crippen LogP contribution < -0.4 is 10.6 Å². The lowest BCUT2D eigenvalue weighted by atomic mass is 10.0. The maximum Gasteiger partial charge on any atom is 0.256 e. The van der Waals surface area contributed by atoms with Gasteiger partial charge in [-0.15, -0.1) is 11.8 Å². The quantitative estimate of drug-likeness (QED) is 0.718. The van der Waals surface area contributed by atoms with E-state index in [-0.39, 0.29) is 11.8 Å². The molecular formula is C20H17N3O2S. The molecule has 2 amide bonds. The summed E-state index contributed by atoms with van der Waals surface area (Å²) >= 11 is 1.49. The topological polar surface area (TPSA) is 71.1 Å². The highest BCUT2D eigenvalue weighted by Crippen LogP contribution is 2.33. The maximum absolute atomic E-state index is 12.9. The van der Waals surface area contributed by atoms with E-state index < -0.39 is 0 Å². The lowest BCUT2D eigenvalue weighted by Gasteiger charge is -2.17. The summed E-state index contributed by atoms with van der Waals surface area (Å²) in [7, 11) is 0. The van der Waals surface area contributed by atoms with Gasteiger partial charge in [0.25, 0.3) is 5.91 Å². The van der Waals surface area contributed by atoms with Crippen molar-refractivity contribution in [1.29, 1.82) is 0 Å². The normalized spacial score (nSPS) is 13.2. The van der Waals surface area contributed by atoms with Gasteiger partial charge in [0.05, 0.1) is 22.5 Å². The summed E-state index contributed by atoms with van der Waals surface area (Å²) < 4.78 is 0. The van der Waals surface area contributed by atoms with Gasteiger partial charge in [0, 0.05) is 21.7 Å². The minimum Gasteiger partial charge on any atom is -0.324 e. The van der Waals surface area contributed by atoms with Crippen LogP contribution in [0.15, 0.2) is 47.4 Å². The van der Waals surface area contributed by atoms with E-state index in [0.29, 0.717) is 17.0 Å². The van der Waals surface area contributed by atoms with Gasteiger partial charge in [-0.25, -0.2) is 0 Å². The van der Waals surface area contributed by atoms with Gasteiger partial charge in [0.1, 0.15) is 0 Å². The van der Waals surface area contributed by atoms with Crippen LogP contribution in [0.1, 0.15) is 21.6 Å². The Morgan fingerprint density at radius 2 is 2.00 bits per heavy atom. The van der Waals surface area contributed by atoms with Crippen molar-refractivity contribution in [3.05, 3.63) is 59.3 Å². The fourth-order valence-electron chi connectivity index (χ4n) is 3.02. The van der Waals surface area contributed by atoms with E-state index in [1.807, 2.05) is 44.2 Å². The molecule has 6 heteroatoms. The number of pyridine rings is 1. The summed E-state index contributed by atoms with van der Waals surface area (Å²) in [6.45, 7) is 3.87. The summed E-state index contributed by atoms with van der Waals surface area (Å²) in [5.74, 6) is 0.193. The molecule has 0 fully saturated rings. The molecule has 0 radical (unpaired) electrons. The van der Waals surface area contributed by atoms with Crippen molar-refractivity contribution in [3.8, 4) is 0 Å². The number of aromatic nitrogens is 1. The lowest BCUT2D eigenvalue weighted by Crippen LogP contribution is -2.19. The Morgan fingerprint density at radius 3 is 2.85 bits per heavy atom. The van der Waals surface area contributed by atoms with Crippen LogP contribution in [0.5, 0.6) is 0 Å². The number of amides is 2. The van der Waals surface area contributed by atoms with E-state index in [2.05, 4.69) is 15.6 Å². The fraction of sp³-hybridized carbons (Fsp3) is 0.150. The second kappa shape index (κ2) is 6.46. The van der Waals surface area contributed by atoms with Gasteiger partial charge in [-0.2, -0.15) is 0 Å². The third kappa shape index (κ3) is 3.15. The van der Waals surface area contributed by atoms with E-state index in [4.69, 9.17) is 0 Å². The standard InChI is InChI=1S/C20H17N3O2S/c1-11-3-5-16-14(7-11)15(8-12(2)21-16)20(25)22-13-4-6-18-17(9-13)23-19(24)10-26-18/h3-9H,10H2,1-2H3,(H,22,25)(H,23,24). The van der Waals surface area contributed by atoms with Crippen molar-refractivity contribution in [1.82, 2.24) is 4.98 Å². The van der Waals surface area contributed by atoms with Crippen LogP contribution in [0.25, 0.3) is 10.9 Å². The lowest BCUT2D eigenvalue weighted by molar-refractivity contribution is -0.113. The van der Waals surface area contributed by atoms with Crippen LogP contribution in [-0.4, -0.2) is 22.6 Å². The molecule has 0 saturated heterocycles. The molecule has 1 aliphatic rings. The molecule has 0 unspecified atom stereocenters. The Kier molecular flexibility index (Phi) is 4.12. The summed E-state index contributed by atoms with van der Waals surface area (Å²) in [5.41, 5.74) is 4.64. The van der Waals surface area contributed by atoms with Crippen LogP contribution in [0, 0.1) is 13.8 Å². The minimum atomic E-state index is -0.194. The van der Waals surface area contributed by atoms with Gasteiger partial charge in [-0.05, 0) is 50.2 Å². The highest BCUT2D eigenvalue weighted by molar-refractivity contribution is 8.00. The average molecular weight is 363 g/mol. The number of fused-ring (bicyclic) bond motifs is 2. The van der Waals surface area contributed by atoms with Gasteiger partial charge in [-0.1, -0.05) is 11.6 Å². The first-order valence-corrected chi connectivity index (χ1v) is 9.24. The molecule has 1 aromatic heterocycles. The Morgan fingerprint density at radius 1 is 1.15 bits per heavy atom. The van der Waals surface area contributed by atoms with Crippen molar-refractivity contribution in [2.45, 2.75) is 18.7 Å². The molecule has 0 aliphatic carbocycles. The number of nitrogens with zero attached hydrogens (tertiary/aromatic N) is 1. The Labute approximate surface area is 155 Å². The molecule has 130 valence electrons. The van der Waals surface area contributed by atoms with Crippen LogP contribution >= 0.6 is 11.8 Å². The van der Waals surface area contributed by atoms with E-state index in [9.17, 15) is 9.59 Å². The summed E-state index contributed by atoms with van der Waals surface area (Å²) in [5, 5.41) is 6.60. The fourth-order valence-corrected chi connectivity index (χ4v) is 3.81. The molecule has 0 bridgehead atoms. The highest BCUT2D eigenvalue weighted by atomic mass is 32.2. The molecule has 1 aliphatic heterocycles. The molecule has 2 heterocycles. The molecule has 2 aromatic carbocycles. The van der Waals surface area contributed by atoms with Crippen molar-refractivity contribution in [3.63, 3.8) is 0 Å². The Balaban J connectivity index is 1.69. The van der Waals surface area contributed by atoms with Gasteiger partial charge in [-0.3, -0.25) is 14.6 Å². The summed E-state index contributed by atoms with van der Waals surface area (Å²) in [6, 6.07) is 13.2. The SMILES string of the molecule is Cc1ccc2nc(C)cc(C(=O)Nc3ccc4c(c3)NC(=O)CS4)c2c1. The third-order valence-electron chi connectivity index (χ3n) is 4.21. The first-order chi connectivity index (χ1) is 12.5. The monoisotopic (exact) mass is 363 g/mol. The van der Waals surface area contributed by atoms with Crippen molar-refractivity contribution >= 4 is 45.9 Å². The van der Waals surface area contributed by atoms with E-state index in [1.54, 1.807) is 12.1 Å². The molecule has 4 rings (SSSR count). The Bertz CT molecular complexity index is 1060. The predicted octanol–water partition coefficient (Wildman–Crippen LogP) is 4.15. The number of hydrogen-bond donors (Lipinski definition) is 2. The van der Waals surface area contributed by atoms with Crippen LogP contribution in [0.4, 0.5) is 11.4 Å². The van der Waals surface area contributed by atoms with Gasteiger partial charge in [0.15, 0.2) is 0 Å². The zero-order valence-electron chi connectivity index (χ0n) is 14.4. The first-order valence-electron chi connectivity index (χ1n) is 8.26. The van der Waals surface area contributed by atoms with Crippen molar-refractivity contribution in [2.24, 2.45) is 0 Å². The smallest absolute Gasteiger partial charge is 0.256 e. The number of nitrogens with one attached hydrogen (secondary N) is 2. The van der Waals surface area contributed by atoms with Gasteiger partial charge >= 0.3 is 0 Å². The number of thioether (sulfide) groups is 1. The average Bonchev–Trinajstić information content (AvgIpc) is 2.61. The zero-order chi connectivity index (χ0) is 18.3. The largest absolute Gasteiger partial charge is 0.324 e. The molecular weight excluding hydrogens is 346 g/mol. The number of carbonyl (C=O) groups excluding carboxylic acids is 2. The Hall–Kier alpha value is -2.86. The van der Waals surface area contributed by atoms with Crippen LogP contribution in [0.3, 0.4) is 0 Å². The van der Waals surface area contributed by atoms with Crippen molar-refractivity contribution in [2.75, 3.05) is 16.4 Å². The van der Waals surface area contributed by atoms with Gasteiger partial charge in [0.2, 0.25) is 5.91 Å². The first kappa shape index (κ1) is 16.6. The van der Waals surface area contributed by atoms with E-state index in [0.717, 1.165) is 32.7 Å². The van der Waals surface area contributed by atoms with Crippen LogP contribution in [-0.2, 0) is 4.79 Å². The molecule has 2 N–H and O–H groups in total. The zero-order valence-corrected chi connectivity index (χ0v) is 15.2. The number of rotatable bonds is 2. The summed E-state index contributed by atoms with van der Waals surface area (Å²) in [6.07, 6.45) is 0. The molecule has 3 aromatic rings. The molecule has 0 spiro atoms. The number of hydrogen-bond acceptors (Lipinski definition) is 4. The minimum absolute atomic E-state index is 0.0304. The van der Waals surface area contributed by atoms with E-state index in [1.165, 1.54) is 11.8 Å². The maximum atomic E-state index is 12.9. The molecule has 5 nitrogen and oxygen atoms in total. The molecule has 0 atom stereocenters. The number of benzene rings is 2.